The summed E-state index contributed by atoms with van der Waals surface area (Å²) in [7, 11) is 0. The van der Waals surface area contributed by atoms with Gasteiger partial charge in [-0.25, -0.2) is 0 Å². The molecule has 1 fully saturated rings. The molecule has 20 heavy (non-hydrogen) atoms. The standard InChI is InChI=1S/C14H19F3N2O/c1-9-6-19(7-10(2)20-9)8-11-3-4-12(18)5-13(11)14(15,16)17/h3-5,9-10H,6-8,18H2,1-2H3/t9-,10+. The number of alkyl halides is 3. The fourth-order valence-electron chi connectivity index (χ4n) is 2.65. The highest BCUT2D eigenvalue weighted by atomic mass is 19.4. The third-order valence-electron chi connectivity index (χ3n) is 3.33. The van der Waals surface area contributed by atoms with Crippen LogP contribution in [0, 0.1) is 0 Å². The average molecular weight is 288 g/mol. The Morgan fingerprint density at radius 2 is 1.85 bits per heavy atom. The Morgan fingerprint density at radius 3 is 2.40 bits per heavy atom. The van der Waals surface area contributed by atoms with Gasteiger partial charge in [0.1, 0.15) is 0 Å². The van der Waals surface area contributed by atoms with Crippen LogP contribution in [-0.4, -0.2) is 30.2 Å². The lowest BCUT2D eigenvalue weighted by molar-refractivity contribution is -0.138. The van der Waals surface area contributed by atoms with E-state index in [1.807, 2.05) is 18.7 Å². The third kappa shape index (κ3) is 3.64. The molecule has 1 aliphatic rings. The summed E-state index contributed by atoms with van der Waals surface area (Å²) in [5, 5.41) is 0. The lowest BCUT2D eigenvalue weighted by atomic mass is 10.0. The first-order valence-electron chi connectivity index (χ1n) is 6.59. The maximum atomic E-state index is 13.0. The van der Waals surface area contributed by atoms with Crippen molar-refractivity contribution in [2.24, 2.45) is 0 Å². The molecule has 0 unspecified atom stereocenters. The number of nitrogens with zero attached hydrogens (tertiary/aromatic N) is 1. The van der Waals surface area contributed by atoms with Gasteiger partial charge in [0.05, 0.1) is 17.8 Å². The van der Waals surface area contributed by atoms with E-state index in [9.17, 15) is 13.2 Å². The van der Waals surface area contributed by atoms with Crippen LogP contribution in [0.5, 0.6) is 0 Å². The summed E-state index contributed by atoms with van der Waals surface area (Å²) in [5.74, 6) is 0. The van der Waals surface area contributed by atoms with Crippen LogP contribution in [0.1, 0.15) is 25.0 Å². The highest BCUT2D eigenvalue weighted by Gasteiger charge is 2.34. The van der Waals surface area contributed by atoms with Crippen molar-refractivity contribution in [1.29, 1.82) is 0 Å². The van der Waals surface area contributed by atoms with Crippen LogP contribution in [0.15, 0.2) is 18.2 Å². The molecule has 1 aromatic rings. The number of nitrogen functional groups attached to an aromatic ring is 1. The second-order valence-corrected chi connectivity index (χ2v) is 5.37. The van der Waals surface area contributed by atoms with Gasteiger partial charge >= 0.3 is 6.18 Å². The monoisotopic (exact) mass is 288 g/mol. The van der Waals surface area contributed by atoms with Gasteiger partial charge in [0.15, 0.2) is 0 Å². The number of anilines is 1. The van der Waals surface area contributed by atoms with Gasteiger partial charge < -0.3 is 10.5 Å². The Labute approximate surface area is 116 Å². The van der Waals surface area contributed by atoms with Gasteiger partial charge in [-0.15, -0.1) is 0 Å². The van der Waals surface area contributed by atoms with E-state index in [4.69, 9.17) is 10.5 Å². The van der Waals surface area contributed by atoms with Gasteiger partial charge in [-0.1, -0.05) is 6.07 Å². The zero-order valence-electron chi connectivity index (χ0n) is 11.6. The maximum Gasteiger partial charge on any atom is 0.416 e. The predicted octanol–water partition coefficient (Wildman–Crippen LogP) is 2.90. The number of ether oxygens (including phenoxy) is 1. The molecule has 0 bridgehead atoms. The summed E-state index contributed by atoms with van der Waals surface area (Å²) >= 11 is 0. The first-order valence-corrected chi connectivity index (χ1v) is 6.59. The number of rotatable bonds is 2. The minimum atomic E-state index is -4.38. The molecule has 3 nitrogen and oxygen atoms in total. The molecule has 0 saturated carbocycles. The molecule has 2 rings (SSSR count). The molecule has 1 heterocycles. The van der Waals surface area contributed by atoms with Crippen LogP contribution < -0.4 is 5.73 Å². The van der Waals surface area contributed by atoms with E-state index < -0.39 is 11.7 Å². The van der Waals surface area contributed by atoms with Gasteiger partial charge in [0, 0.05) is 25.3 Å². The van der Waals surface area contributed by atoms with Crippen LogP contribution in [-0.2, 0) is 17.5 Å². The van der Waals surface area contributed by atoms with Crippen molar-refractivity contribution in [2.45, 2.75) is 38.8 Å². The fraction of sp³-hybridized carbons (Fsp3) is 0.571. The quantitative estimate of drug-likeness (QED) is 0.850. The number of halogens is 3. The van der Waals surface area contributed by atoms with Gasteiger partial charge in [0.2, 0.25) is 0 Å². The highest BCUT2D eigenvalue weighted by molar-refractivity contribution is 5.46. The van der Waals surface area contributed by atoms with E-state index in [-0.39, 0.29) is 30.0 Å². The lowest BCUT2D eigenvalue weighted by Crippen LogP contribution is -2.45. The van der Waals surface area contributed by atoms with Crippen LogP contribution in [0.3, 0.4) is 0 Å². The van der Waals surface area contributed by atoms with E-state index >= 15 is 0 Å². The molecule has 112 valence electrons. The van der Waals surface area contributed by atoms with Gasteiger partial charge in [0.25, 0.3) is 0 Å². The summed E-state index contributed by atoms with van der Waals surface area (Å²) < 4.78 is 44.7. The van der Waals surface area contributed by atoms with Crippen molar-refractivity contribution in [3.8, 4) is 0 Å². The van der Waals surface area contributed by atoms with Gasteiger partial charge in [-0.3, -0.25) is 4.90 Å². The molecular formula is C14H19F3N2O. The molecule has 6 heteroatoms. The van der Waals surface area contributed by atoms with Crippen LogP contribution in [0.2, 0.25) is 0 Å². The number of nitrogens with two attached hydrogens (primary N) is 1. The summed E-state index contributed by atoms with van der Waals surface area (Å²) in [6.45, 7) is 5.37. The zero-order chi connectivity index (χ0) is 14.9. The maximum absolute atomic E-state index is 13.0. The summed E-state index contributed by atoms with van der Waals surface area (Å²) in [6.07, 6.45) is -4.32. The van der Waals surface area contributed by atoms with E-state index in [0.29, 0.717) is 13.1 Å². The topological polar surface area (TPSA) is 38.5 Å². The first-order chi connectivity index (χ1) is 9.25. The first kappa shape index (κ1) is 15.1. The molecular weight excluding hydrogens is 269 g/mol. The Morgan fingerprint density at radius 1 is 1.25 bits per heavy atom. The SMILES string of the molecule is C[C@@H]1CN(Cc2ccc(N)cc2C(F)(F)F)C[C@H](C)O1. The van der Waals surface area contributed by atoms with Crippen molar-refractivity contribution >= 4 is 5.69 Å². The van der Waals surface area contributed by atoms with Crippen molar-refractivity contribution in [3.63, 3.8) is 0 Å². The smallest absolute Gasteiger partial charge is 0.399 e. The Hall–Kier alpha value is -1.27. The van der Waals surface area contributed by atoms with E-state index in [2.05, 4.69) is 0 Å². The summed E-state index contributed by atoms with van der Waals surface area (Å²) in [5.41, 5.74) is 5.21. The number of hydrogen-bond donors (Lipinski definition) is 1. The van der Waals surface area contributed by atoms with Crippen molar-refractivity contribution in [2.75, 3.05) is 18.8 Å². The molecule has 0 radical (unpaired) electrons. The molecule has 1 saturated heterocycles. The van der Waals surface area contributed by atoms with Crippen molar-refractivity contribution in [3.05, 3.63) is 29.3 Å². The van der Waals surface area contributed by atoms with Crippen LogP contribution in [0.4, 0.5) is 18.9 Å². The van der Waals surface area contributed by atoms with Gasteiger partial charge in [-0.2, -0.15) is 13.2 Å². The summed E-state index contributed by atoms with van der Waals surface area (Å²) in [6, 6.07) is 3.98. The van der Waals surface area contributed by atoms with Crippen molar-refractivity contribution in [1.82, 2.24) is 4.90 Å². The Kier molecular flexibility index (Phi) is 4.25. The molecule has 2 N–H and O–H groups in total. The largest absolute Gasteiger partial charge is 0.416 e. The Balaban J connectivity index is 2.21. The van der Waals surface area contributed by atoms with Crippen LogP contribution in [0.25, 0.3) is 0 Å². The van der Waals surface area contributed by atoms with E-state index in [0.717, 1.165) is 6.07 Å². The van der Waals surface area contributed by atoms with Crippen LogP contribution >= 0.6 is 0 Å². The molecule has 2 atom stereocenters. The zero-order valence-corrected chi connectivity index (χ0v) is 11.6. The third-order valence-corrected chi connectivity index (χ3v) is 3.33. The van der Waals surface area contributed by atoms with Gasteiger partial charge in [-0.05, 0) is 31.5 Å². The molecule has 1 aromatic carbocycles. The molecule has 0 aromatic heterocycles. The van der Waals surface area contributed by atoms with Crippen molar-refractivity contribution < 1.29 is 17.9 Å². The average Bonchev–Trinajstić information content (AvgIpc) is 2.28. The second-order valence-electron chi connectivity index (χ2n) is 5.37. The molecule has 1 aliphatic heterocycles. The second kappa shape index (κ2) is 5.61. The number of benzene rings is 1. The summed E-state index contributed by atoms with van der Waals surface area (Å²) in [4.78, 5) is 1.99. The number of morpholine rings is 1. The molecule has 0 spiro atoms. The minimum absolute atomic E-state index is 0.0295. The fourth-order valence-corrected chi connectivity index (χ4v) is 2.65. The highest BCUT2D eigenvalue weighted by Crippen LogP contribution is 2.34. The van der Waals surface area contributed by atoms with E-state index in [1.165, 1.54) is 12.1 Å². The molecule has 0 aliphatic carbocycles. The predicted molar refractivity (Wildman–Crippen MR) is 71.1 cm³/mol. The Bertz CT molecular complexity index is 466. The van der Waals surface area contributed by atoms with E-state index in [1.54, 1.807) is 0 Å². The normalized spacial score (nSPS) is 24.9. The molecule has 0 amide bonds. The lowest BCUT2D eigenvalue weighted by Gasteiger charge is -2.35. The number of hydrogen-bond acceptors (Lipinski definition) is 3. The minimum Gasteiger partial charge on any atom is -0.399 e.